The van der Waals surface area contributed by atoms with Crippen LogP contribution in [0, 0.1) is 0 Å². The molecule has 2 N–H and O–H groups in total. The van der Waals surface area contributed by atoms with E-state index in [-0.39, 0.29) is 12.1 Å². The van der Waals surface area contributed by atoms with Gasteiger partial charge in [0.2, 0.25) is 0 Å². The zero-order valence-corrected chi connectivity index (χ0v) is 6.88. The molecule has 0 aromatic heterocycles. The van der Waals surface area contributed by atoms with Crippen molar-refractivity contribution >= 4 is 12.0 Å². The molecule has 0 aromatic rings. The van der Waals surface area contributed by atoms with Gasteiger partial charge in [-0.2, -0.15) is 0 Å². The number of carbonyl (C=O) groups is 2. The van der Waals surface area contributed by atoms with Crippen LogP contribution < -0.4 is 10.6 Å². The Morgan fingerprint density at radius 3 is 2.83 bits per heavy atom. The number of amides is 2. The Balaban J connectivity index is 2.77. The molecule has 0 spiro atoms. The first kappa shape index (κ1) is 8.58. The molecule has 1 rings (SSSR count). The average molecular weight is 170 g/mol. The SMILES string of the molecule is COC(=O)C1=CNC(=O)NC1C. The molecule has 12 heavy (non-hydrogen) atoms. The molecule has 0 bridgehead atoms. The van der Waals surface area contributed by atoms with Crippen LogP contribution in [0.15, 0.2) is 11.8 Å². The lowest BCUT2D eigenvalue weighted by molar-refractivity contribution is -0.136. The summed E-state index contributed by atoms with van der Waals surface area (Å²) in [5.41, 5.74) is 0.414. The van der Waals surface area contributed by atoms with E-state index < -0.39 is 5.97 Å². The maximum absolute atomic E-state index is 11.0. The summed E-state index contributed by atoms with van der Waals surface area (Å²) in [7, 11) is 1.30. The molecular weight excluding hydrogens is 160 g/mol. The van der Waals surface area contributed by atoms with Crippen LogP contribution in [0.3, 0.4) is 0 Å². The first-order chi connectivity index (χ1) is 5.65. The van der Waals surface area contributed by atoms with E-state index in [1.54, 1.807) is 6.92 Å². The third-order valence-corrected chi connectivity index (χ3v) is 1.59. The lowest BCUT2D eigenvalue weighted by Crippen LogP contribution is -2.46. The number of urea groups is 1. The van der Waals surface area contributed by atoms with Crippen molar-refractivity contribution in [1.82, 2.24) is 10.6 Å². The fraction of sp³-hybridized carbons (Fsp3) is 0.429. The van der Waals surface area contributed by atoms with E-state index in [1.807, 2.05) is 0 Å². The molecule has 5 nitrogen and oxygen atoms in total. The molecule has 0 fully saturated rings. The molecule has 0 aliphatic carbocycles. The summed E-state index contributed by atoms with van der Waals surface area (Å²) in [5, 5.41) is 4.89. The van der Waals surface area contributed by atoms with Gasteiger partial charge in [0.15, 0.2) is 0 Å². The summed E-state index contributed by atoms with van der Waals surface area (Å²) in [6.07, 6.45) is 1.36. The standard InChI is InChI=1S/C7H10N2O3/c1-4-5(6(10)12-2)3-8-7(11)9-4/h3-4H,1-2H3,(H2,8,9,11). The Kier molecular flexibility index (Phi) is 2.32. The Hall–Kier alpha value is -1.52. The Morgan fingerprint density at radius 1 is 1.67 bits per heavy atom. The van der Waals surface area contributed by atoms with E-state index in [0.29, 0.717) is 5.57 Å². The fourth-order valence-electron chi connectivity index (χ4n) is 0.938. The largest absolute Gasteiger partial charge is 0.466 e. The van der Waals surface area contributed by atoms with Crippen molar-refractivity contribution < 1.29 is 14.3 Å². The minimum absolute atomic E-state index is 0.300. The topological polar surface area (TPSA) is 67.4 Å². The van der Waals surface area contributed by atoms with E-state index in [9.17, 15) is 9.59 Å². The summed E-state index contributed by atoms with van der Waals surface area (Å²) in [4.78, 5) is 21.7. The van der Waals surface area contributed by atoms with Crippen molar-refractivity contribution in [2.24, 2.45) is 0 Å². The first-order valence-corrected chi connectivity index (χ1v) is 3.50. The third kappa shape index (κ3) is 1.55. The maximum atomic E-state index is 11.0. The van der Waals surface area contributed by atoms with Gasteiger partial charge in [-0.15, -0.1) is 0 Å². The van der Waals surface area contributed by atoms with Crippen molar-refractivity contribution in [3.8, 4) is 0 Å². The Morgan fingerprint density at radius 2 is 2.33 bits per heavy atom. The molecule has 0 aromatic carbocycles. The van der Waals surface area contributed by atoms with Crippen LogP contribution in [0.5, 0.6) is 0 Å². The highest BCUT2D eigenvalue weighted by atomic mass is 16.5. The number of hydrogen-bond donors (Lipinski definition) is 2. The summed E-state index contributed by atoms with van der Waals surface area (Å²) in [5.74, 6) is -0.435. The number of hydrogen-bond acceptors (Lipinski definition) is 3. The number of rotatable bonds is 1. The fourth-order valence-corrected chi connectivity index (χ4v) is 0.938. The minimum atomic E-state index is -0.435. The zero-order chi connectivity index (χ0) is 9.14. The molecule has 0 saturated carbocycles. The molecular formula is C7H10N2O3. The molecule has 1 aliphatic rings. The quantitative estimate of drug-likeness (QED) is 0.533. The van der Waals surface area contributed by atoms with Gasteiger partial charge >= 0.3 is 12.0 Å². The highest BCUT2D eigenvalue weighted by Crippen LogP contribution is 2.06. The van der Waals surface area contributed by atoms with Gasteiger partial charge in [-0.1, -0.05) is 0 Å². The van der Waals surface area contributed by atoms with E-state index >= 15 is 0 Å². The van der Waals surface area contributed by atoms with Crippen molar-refractivity contribution in [2.45, 2.75) is 13.0 Å². The Labute approximate surface area is 69.8 Å². The predicted molar refractivity (Wildman–Crippen MR) is 41.2 cm³/mol. The lowest BCUT2D eigenvalue weighted by atomic mass is 10.1. The molecule has 0 saturated heterocycles. The van der Waals surface area contributed by atoms with Crippen LogP contribution in [0.25, 0.3) is 0 Å². The molecule has 5 heteroatoms. The van der Waals surface area contributed by atoms with Gasteiger partial charge in [0.05, 0.1) is 18.7 Å². The minimum Gasteiger partial charge on any atom is -0.466 e. The second kappa shape index (κ2) is 3.25. The van der Waals surface area contributed by atoms with Crippen molar-refractivity contribution in [3.05, 3.63) is 11.8 Å². The first-order valence-electron chi connectivity index (χ1n) is 3.50. The molecule has 2 amide bonds. The number of esters is 1. The van der Waals surface area contributed by atoms with Crippen LogP contribution in [-0.4, -0.2) is 25.2 Å². The van der Waals surface area contributed by atoms with E-state index in [0.717, 1.165) is 0 Å². The highest BCUT2D eigenvalue weighted by molar-refractivity contribution is 5.93. The summed E-state index contributed by atoms with van der Waals surface area (Å²) >= 11 is 0. The monoisotopic (exact) mass is 170 g/mol. The van der Waals surface area contributed by atoms with Gasteiger partial charge in [0, 0.05) is 6.20 Å². The summed E-state index contributed by atoms with van der Waals surface area (Å²) < 4.78 is 4.50. The number of ether oxygens (including phenoxy) is 1. The Bertz CT molecular complexity index is 247. The van der Waals surface area contributed by atoms with Gasteiger partial charge in [-0.25, -0.2) is 9.59 Å². The molecule has 0 radical (unpaired) electrons. The predicted octanol–water partition coefficient (Wildman–Crippen LogP) is -0.255. The van der Waals surface area contributed by atoms with Gasteiger partial charge in [-0.05, 0) is 6.92 Å². The van der Waals surface area contributed by atoms with Crippen LogP contribution in [0.1, 0.15) is 6.92 Å². The van der Waals surface area contributed by atoms with Crippen LogP contribution >= 0.6 is 0 Å². The summed E-state index contributed by atoms with van der Waals surface area (Å²) in [6, 6.07) is -0.610. The smallest absolute Gasteiger partial charge is 0.337 e. The normalized spacial score (nSPS) is 22.0. The molecule has 66 valence electrons. The lowest BCUT2D eigenvalue weighted by Gasteiger charge is -2.20. The number of methoxy groups -OCH3 is 1. The van der Waals surface area contributed by atoms with Crippen LogP contribution in [0.4, 0.5) is 4.79 Å². The maximum Gasteiger partial charge on any atom is 0.337 e. The van der Waals surface area contributed by atoms with E-state index in [4.69, 9.17) is 0 Å². The van der Waals surface area contributed by atoms with E-state index in [1.165, 1.54) is 13.3 Å². The van der Waals surface area contributed by atoms with E-state index in [2.05, 4.69) is 15.4 Å². The molecule has 1 atom stereocenters. The number of nitrogens with one attached hydrogen (secondary N) is 2. The third-order valence-electron chi connectivity index (χ3n) is 1.59. The van der Waals surface area contributed by atoms with Crippen molar-refractivity contribution in [3.63, 3.8) is 0 Å². The van der Waals surface area contributed by atoms with Gasteiger partial charge in [0.1, 0.15) is 0 Å². The molecule has 1 aliphatic heterocycles. The highest BCUT2D eigenvalue weighted by Gasteiger charge is 2.22. The van der Waals surface area contributed by atoms with Gasteiger partial charge in [-0.3, -0.25) is 0 Å². The van der Waals surface area contributed by atoms with Gasteiger partial charge < -0.3 is 15.4 Å². The average Bonchev–Trinajstić information content (AvgIpc) is 2.03. The second-order valence-electron chi connectivity index (χ2n) is 2.43. The molecule has 1 heterocycles. The number of carbonyl (C=O) groups excluding carboxylic acids is 2. The van der Waals surface area contributed by atoms with Gasteiger partial charge in [0.25, 0.3) is 0 Å². The van der Waals surface area contributed by atoms with Crippen molar-refractivity contribution in [2.75, 3.05) is 7.11 Å². The zero-order valence-electron chi connectivity index (χ0n) is 6.88. The van der Waals surface area contributed by atoms with Crippen molar-refractivity contribution in [1.29, 1.82) is 0 Å². The van der Waals surface area contributed by atoms with Crippen LogP contribution in [0.2, 0.25) is 0 Å². The van der Waals surface area contributed by atoms with Crippen LogP contribution in [-0.2, 0) is 9.53 Å². The summed E-state index contributed by atoms with van der Waals surface area (Å²) in [6.45, 7) is 1.71. The molecule has 1 unspecified atom stereocenters. The second-order valence-corrected chi connectivity index (χ2v) is 2.43.